The maximum atomic E-state index is 13.1. The van der Waals surface area contributed by atoms with Gasteiger partial charge in [-0.05, 0) is 54.4 Å². The molecule has 0 saturated carbocycles. The molecule has 0 aliphatic carbocycles. The van der Waals surface area contributed by atoms with Gasteiger partial charge in [-0.15, -0.1) is 12.4 Å². The summed E-state index contributed by atoms with van der Waals surface area (Å²) in [7, 11) is 1.16. The van der Waals surface area contributed by atoms with Crippen molar-refractivity contribution in [2.24, 2.45) is 0 Å². The second kappa shape index (κ2) is 7.97. The van der Waals surface area contributed by atoms with Gasteiger partial charge in [-0.2, -0.15) is 13.2 Å². The lowest BCUT2D eigenvalue weighted by atomic mass is 10.0. The third-order valence-corrected chi connectivity index (χ3v) is 4.12. The summed E-state index contributed by atoms with van der Waals surface area (Å²) >= 11 is 0. The van der Waals surface area contributed by atoms with Crippen LogP contribution in [0, 0.1) is 0 Å². The van der Waals surface area contributed by atoms with Gasteiger partial charge in [0.15, 0.2) is 0 Å². The Kier molecular flexibility index (Phi) is 6.15. The predicted molar refractivity (Wildman–Crippen MR) is 95.0 cm³/mol. The molecule has 0 radical (unpaired) electrons. The summed E-state index contributed by atoms with van der Waals surface area (Å²) in [4.78, 5) is 12.3. The number of alkyl halides is 3. The van der Waals surface area contributed by atoms with Crippen molar-refractivity contribution in [1.29, 1.82) is 0 Å². The van der Waals surface area contributed by atoms with E-state index in [1.807, 2.05) is 12.1 Å². The predicted octanol–water partition coefficient (Wildman–Crippen LogP) is 4.03. The number of ether oxygens (including phenoxy) is 1. The standard InChI is InChI=1S/C18H17F3N2O2.ClH/c1-25-16-5-3-12(9-15(16)18(19,20)21)17(24)23-14-4-2-11-6-7-22-10-13(11)8-14;/h2-5,8-9,22H,6-7,10H2,1H3,(H,23,24);1H. The molecule has 0 bridgehead atoms. The van der Waals surface area contributed by atoms with Crippen molar-refractivity contribution >= 4 is 24.0 Å². The van der Waals surface area contributed by atoms with E-state index < -0.39 is 17.6 Å². The third-order valence-electron chi connectivity index (χ3n) is 4.12. The van der Waals surface area contributed by atoms with Crippen molar-refractivity contribution in [3.8, 4) is 5.75 Å². The van der Waals surface area contributed by atoms with Crippen molar-refractivity contribution in [1.82, 2.24) is 5.32 Å². The zero-order valence-electron chi connectivity index (χ0n) is 13.9. The maximum Gasteiger partial charge on any atom is 0.419 e. The van der Waals surface area contributed by atoms with Gasteiger partial charge in [0.05, 0.1) is 12.7 Å². The summed E-state index contributed by atoms with van der Waals surface area (Å²) in [6.45, 7) is 1.62. The van der Waals surface area contributed by atoms with Crippen LogP contribution in [0.4, 0.5) is 18.9 Å². The van der Waals surface area contributed by atoms with Crippen molar-refractivity contribution in [3.63, 3.8) is 0 Å². The molecule has 0 aromatic heterocycles. The Morgan fingerprint density at radius 3 is 2.62 bits per heavy atom. The number of hydrogen-bond acceptors (Lipinski definition) is 3. The Bertz CT molecular complexity index is 810. The molecule has 140 valence electrons. The van der Waals surface area contributed by atoms with Crippen LogP contribution in [0.25, 0.3) is 0 Å². The molecule has 0 fully saturated rings. The average molecular weight is 387 g/mol. The van der Waals surface area contributed by atoms with E-state index in [2.05, 4.69) is 10.6 Å². The molecule has 1 amide bonds. The number of rotatable bonds is 3. The van der Waals surface area contributed by atoms with Gasteiger partial charge in [-0.3, -0.25) is 4.79 Å². The minimum absolute atomic E-state index is 0. The first-order chi connectivity index (χ1) is 11.9. The van der Waals surface area contributed by atoms with Gasteiger partial charge >= 0.3 is 6.18 Å². The molecule has 0 unspecified atom stereocenters. The normalized spacial score (nSPS) is 13.4. The number of halogens is 4. The minimum atomic E-state index is -4.60. The fourth-order valence-electron chi connectivity index (χ4n) is 2.83. The van der Waals surface area contributed by atoms with E-state index in [1.54, 1.807) is 6.07 Å². The lowest BCUT2D eigenvalue weighted by Crippen LogP contribution is -2.23. The molecule has 4 nitrogen and oxygen atoms in total. The lowest BCUT2D eigenvalue weighted by molar-refractivity contribution is -0.138. The van der Waals surface area contributed by atoms with Crippen LogP contribution in [-0.4, -0.2) is 19.6 Å². The average Bonchev–Trinajstić information content (AvgIpc) is 2.60. The molecule has 2 aromatic rings. The molecule has 2 N–H and O–H groups in total. The van der Waals surface area contributed by atoms with Crippen LogP contribution >= 0.6 is 12.4 Å². The summed E-state index contributed by atoms with van der Waals surface area (Å²) in [6.07, 6.45) is -3.68. The first-order valence-corrected chi connectivity index (χ1v) is 7.77. The van der Waals surface area contributed by atoms with Gasteiger partial charge in [0.1, 0.15) is 5.75 Å². The van der Waals surface area contributed by atoms with E-state index in [9.17, 15) is 18.0 Å². The van der Waals surface area contributed by atoms with Crippen LogP contribution in [-0.2, 0) is 19.1 Å². The number of hydrogen-bond donors (Lipinski definition) is 2. The van der Waals surface area contributed by atoms with Gasteiger partial charge in [-0.25, -0.2) is 0 Å². The zero-order valence-corrected chi connectivity index (χ0v) is 14.8. The van der Waals surface area contributed by atoms with E-state index in [0.717, 1.165) is 37.8 Å². The highest BCUT2D eigenvalue weighted by Crippen LogP contribution is 2.36. The van der Waals surface area contributed by atoms with Crippen LogP contribution < -0.4 is 15.4 Å². The monoisotopic (exact) mass is 386 g/mol. The van der Waals surface area contributed by atoms with Crippen LogP contribution in [0.2, 0.25) is 0 Å². The first-order valence-electron chi connectivity index (χ1n) is 7.77. The molecular formula is C18H18ClF3N2O2. The molecule has 0 atom stereocenters. The van der Waals surface area contributed by atoms with E-state index in [1.165, 1.54) is 11.6 Å². The number of fused-ring (bicyclic) bond motifs is 1. The molecule has 8 heteroatoms. The Morgan fingerprint density at radius 2 is 1.92 bits per heavy atom. The zero-order chi connectivity index (χ0) is 18.0. The third kappa shape index (κ3) is 4.28. The van der Waals surface area contributed by atoms with Crippen molar-refractivity contribution in [3.05, 3.63) is 58.7 Å². The molecule has 0 spiro atoms. The van der Waals surface area contributed by atoms with Crippen molar-refractivity contribution in [2.45, 2.75) is 19.1 Å². The summed E-state index contributed by atoms with van der Waals surface area (Å²) in [5.74, 6) is -0.916. The van der Waals surface area contributed by atoms with Gasteiger partial charge < -0.3 is 15.4 Å². The number of nitrogens with one attached hydrogen (secondary N) is 2. The van der Waals surface area contributed by atoms with E-state index in [0.29, 0.717) is 12.2 Å². The van der Waals surface area contributed by atoms with Gasteiger partial charge in [0, 0.05) is 17.8 Å². The Hall–Kier alpha value is -2.25. The molecule has 1 aliphatic rings. The van der Waals surface area contributed by atoms with Crippen LogP contribution in [0.15, 0.2) is 36.4 Å². The lowest BCUT2D eigenvalue weighted by Gasteiger charge is -2.18. The summed E-state index contributed by atoms with van der Waals surface area (Å²) in [5.41, 5.74) is 1.79. The molecule has 2 aromatic carbocycles. The molecule has 1 aliphatic heterocycles. The maximum absolute atomic E-state index is 13.1. The fourth-order valence-corrected chi connectivity index (χ4v) is 2.83. The topological polar surface area (TPSA) is 50.4 Å². The van der Waals surface area contributed by atoms with E-state index >= 15 is 0 Å². The Labute approximate surface area is 155 Å². The first kappa shape index (κ1) is 20.1. The number of carbonyl (C=O) groups is 1. The van der Waals surface area contributed by atoms with Crippen LogP contribution in [0.1, 0.15) is 27.0 Å². The number of anilines is 1. The molecule has 3 rings (SSSR count). The van der Waals surface area contributed by atoms with E-state index in [4.69, 9.17) is 4.74 Å². The largest absolute Gasteiger partial charge is 0.496 e. The molecule has 26 heavy (non-hydrogen) atoms. The Morgan fingerprint density at radius 1 is 1.15 bits per heavy atom. The van der Waals surface area contributed by atoms with Gasteiger partial charge in [-0.1, -0.05) is 6.07 Å². The number of carbonyl (C=O) groups excluding carboxylic acids is 1. The van der Waals surface area contributed by atoms with Crippen molar-refractivity contribution in [2.75, 3.05) is 19.0 Å². The second-order valence-corrected chi connectivity index (χ2v) is 5.78. The smallest absolute Gasteiger partial charge is 0.419 e. The molecule has 1 heterocycles. The summed E-state index contributed by atoms with van der Waals surface area (Å²) < 4.78 is 44.0. The SMILES string of the molecule is COc1ccc(C(=O)Nc2ccc3c(c2)CNCC3)cc1C(F)(F)F.Cl. The summed E-state index contributed by atoms with van der Waals surface area (Å²) in [5, 5.41) is 5.89. The van der Waals surface area contributed by atoms with E-state index in [-0.39, 0.29) is 23.7 Å². The van der Waals surface area contributed by atoms with Crippen molar-refractivity contribution < 1.29 is 22.7 Å². The summed E-state index contributed by atoms with van der Waals surface area (Å²) in [6, 6.07) is 8.79. The molecular weight excluding hydrogens is 369 g/mol. The van der Waals surface area contributed by atoms with Gasteiger partial charge in [0.25, 0.3) is 5.91 Å². The minimum Gasteiger partial charge on any atom is -0.496 e. The fraction of sp³-hybridized carbons (Fsp3) is 0.278. The van der Waals surface area contributed by atoms with Gasteiger partial charge in [0.2, 0.25) is 0 Å². The van der Waals surface area contributed by atoms with Crippen LogP contribution in [0.3, 0.4) is 0 Å². The number of benzene rings is 2. The highest BCUT2D eigenvalue weighted by molar-refractivity contribution is 6.04. The quantitative estimate of drug-likeness (QED) is 0.837. The second-order valence-electron chi connectivity index (χ2n) is 5.78. The Balaban J connectivity index is 0.00000243. The van der Waals surface area contributed by atoms with Crippen LogP contribution in [0.5, 0.6) is 5.75 Å². The highest BCUT2D eigenvalue weighted by Gasteiger charge is 2.35. The number of amides is 1. The number of methoxy groups -OCH3 is 1. The molecule has 0 saturated heterocycles. The highest BCUT2D eigenvalue weighted by atomic mass is 35.5.